The van der Waals surface area contributed by atoms with Gasteiger partial charge in [0.05, 0.1) is 29.3 Å². The number of benzene rings is 1. The number of nitrogens with zero attached hydrogens (tertiary/aromatic N) is 2. The highest BCUT2D eigenvalue weighted by Gasteiger charge is 2.52. The maximum atomic E-state index is 6.27. The fourth-order valence-corrected chi connectivity index (χ4v) is 4.07. The first-order valence-electron chi connectivity index (χ1n) is 10.3. The number of aromatic nitrogens is 2. The molecule has 160 valence electrons. The minimum absolute atomic E-state index is 0.409. The van der Waals surface area contributed by atoms with E-state index in [0.29, 0.717) is 6.73 Å². The third kappa shape index (κ3) is 4.55. The molecule has 3 rings (SSSR count). The Hall–Kier alpha value is -1.35. The van der Waals surface area contributed by atoms with Gasteiger partial charge in [-0.1, -0.05) is 19.6 Å². The van der Waals surface area contributed by atoms with Gasteiger partial charge in [0, 0.05) is 26.2 Å². The molecule has 0 aliphatic carbocycles. The van der Waals surface area contributed by atoms with Crippen molar-refractivity contribution in [1.82, 2.24) is 9.55 Å². The molecule has 6 nitrogen and oxygen atoms in total. The average Bonchev–Trinajstić information content (AvgIpc) is 3.01. The summed E-state index contributed by atoms with van der Waals surface area (Å²) in [6.45, 7) is 18.6. The standard InChI is InChI=1S/C21H35BN2O4Si/c1-15-23-17-13-19(25-6)16(22-27-20(2,3)21(4,5)28-22)12-18(17)24(15)14-26-10-11-29(7,8)9/h12-13H,10-11,14H2,1-9H3. The van der Waals surface area contributed by atoms with Crippen LogP contribution in [0.3, 0.4) is 0 Å². The van der Waals surface area contributed by atoms with Gasteiger partial charge in [0.2, 0.25) is 0 Å². The number of imidazole rings is 1. The Morgan fingerprint density at radius 2 is 1.72 bits per heavy atom. The van der Waals surface area contributed by atoms with Crippen LogP contribution in [0.25, 0.3) is 11.0 Å². The van der Waals surface area contributed by atoms with E-state index < -0.39 is 26.4 Å². The van der Waals surface area contributed by atoms with E-state index in [-0.39, 0.29) is 0 Å². The number of ether oxygens (including phenoxy) is 2. The van der Waals surface area contributed by atoms with Crippen LogP contribution in [0.1, 0.15) is 33.5 Å². The lowest BCUT2D eigenvalue weighted by molar-refractivity contribution is 0.00578. The molecule has 1 aliphatic rings. The summed E-state index contributed by atoms with van der Waals surface area (Å²) in [5.74, 6) is 1.64. The molecule has 1 aliphatic heterocycles. The monoisotopic (exact) mass is 418 g/mol. The fourth-order valence-electron chi connectivity index (χ4n) is 3.32. The quantitative estimate of drug-likeness (QED) is 0.503. The van der Waals surface area contributed by atoms with Crippen LogP contribution >= 0.6 is 0 Å². The fraction of sp³-hybridized carbons (Fsp3) is 0.667. The van der Waals surface area contributed by atoms with E-state index in [9.17, 15) is 0 Å². The molecule has 29 heavy (non-hydrogen) atoms. The van der Waals surface area contributed by atoms with Crippen molar-refractivity contribution in [2.75, 3.05) is 13.7 Å². The summed E-state index contributed by atoms with van der Waals surface area (Å²) in [7, 11) is 0.0633. The van der Waals surface area contributed by atoms with E-state index in [4.69, 9.17) is 23.8 Å². The first kappa shape index (κ1) is 22.3. The number of hydrogen-bond donors (Lipinski definition) is 0. The number of methoxy groups -OCH3 is 1. The van der Waals surface area contributed by atoms with Crippen LogP contribution in [-0.4, -0.2) is 49.7 Å². The normalized spacial score (nSPS) is 18.6. The van der Waals surface area contributed by atoms with Gasteiger partial charge in [0.25, 0.3) is 0 Å². The van der Waals surface area contributed by atoms with Gasteiger partial charge in [-0.3, -0.25) is 0 Å². The first-order chi connectivity index (χ1) is 13.3. The van der Waals surface area contributed by atoms with Crippen molar-refractivity contribution in [3.63, 3.8) is 0 Å². The van der Waals surface area contributed by atoms with E-state index in [1.54, 1.807) is 7.11 Å². The molecule has 0 saturated carbocycles. The Labute approximate surface area is 176 Å². The van der Waals surface area contributed by atoms with E-state index in [1.165, 1.54) is 0 Å². The van der Waals surface area contributed by atoms with E-state index in [2.05, 4.69) is 58.0 Å². The van der Waals surface area contributed by atoms with Crippen molar-refractivity contribution in [1.29, 1.82) is 0 Å². The van der Waals surface area contributed by atoms with Crippen LogP contribution in [0.5, 0.6) is 5.75 Å². The van der Waals surface area contributed by atoms with Crippen LogP contribution in [0.2, 0.25) is 25.7 Å². The SMILES string of the molecule is COc1cc2nc(C)n(COCC[Si](C)(C)C)c2cc1B1OC(C)(C)C(C)(C)O1. The minimum Gasteiger partial charge on any atom is -0.497 e. The van der Waals surface area contributed by atoms with Crippen LogP contribution in [0.15, 0.2) is 12.1 Å². The molecular formula is C21H35BN2O4Si. The topological polar surface area (TPSA) is 54.7 Å². The van der Waals surface area contributed by atoms with Gasteiger partial charge < -0.3 is 23.3 Å². The summed E-state index contributed by atoms with van der Waals surface area (Å²) >= 11 is 0. The molecule has 0 spiro atoms. The zero-order valence-corrected chi connectivity index (χ0v) is 20.4. The lowest BCUT2D eigenvalue weighted by Crippen LogP contribution is -2.41. The van der Waals surface area contributed by atoms with Crippen LogP contribution in [0.4, 0.5) is 0 Å². The molecule has 2 aromatic rings. The van der Waals surface area contributed by atoms with Crippen molar-refractivity contribution in [2.24, 2.45) is 0 Å². The Morgan fingerprint density at radius 1 is 1.10 bits per heavy atom. The Bertz CT molecular complexity index is 873. The van der Waals surface area contributed by atoms with E-state index >= 15 is 0 Å². The van der Waals surface area contributed by atoms with Gasteiger partial charge in [-0.05, 0) is 46.7 Å². The van der Waals surface area contributed by atoms with Crippen LogP contribution < -0.4 is 10.2 Å². The molecule has 0 bridgehead atoms. The average molecular weight is 418 g/mol. The highest BCUT2D eigenvalue weighted by Crippen LogP contribution is 2.37. The molecule has 1 aromatic carbocycles. The number of hydrogen-bond acceptors (Lipinski definition) is 5. The van der Waals surface area contributed by atoms with Gasteiger partial charge in [-0.2, -0.15) is 0 Å². The molecule has 1 aromatic heterocycles. The zero-order chi connectivity index (χ0) is 21.6. The number of rotatable bonds is 7. The van der Waals surface area contributed by atoms with Crippen molar-refractivity contribution < 1.29 is 18.8 Å². The van der Waals surface area contributed by atoms with Gasteiger partial charge in [-0.15, -0.1) is 0 Å². The van der Waals surface area contributed by atoms with Crippen molar-refractivity contribution in [3.8, 4) is 5.75 Å². The molecule has 2 heterocycles. The molecule has 0 atom stereocenters. The third-order valence-electron chi connectivity index (χ3n) is 6.01. The molecular weight excluding hydrogens is 383 g/mol. The summed E-state index contributed by atoms with van der Waals surface area (Å²) in [6.07, 6.45) is 0. The smallest absolute Gasteiger partial charge is 0.497 e. The Morgan fingerprint density at radius 3 is 2.28 bits per heavy atom. The first-order valence-corrected chi connectivity index (χ1v) is 14.0. The molecule has 8 heteroatoms. The van der Waals surface area contributed by atoms with Gasteiger partial charge >= 0.3 is 7.12 Å². The summed E-state index contributed by atoms with van der Waals surface area (Å²) in [5, 5.41) is 0. The molecule has 0 amide bonds. The lowest BCUT2D eigenvalue weighted by Gasteiger charge is -2.32. The minimum atomic E-state index is -1.11. The lowest BCUT2D eigenvalue weighted by atomic mass is 9.78. The second-order valence-corrected chi connectivity index (χ2v) is 15.7. The van der Waals surface area contributed by atoms with Crippen LogP contribution in [-0.2, 0) is 20.8 Å². The second-order valence-electron chi connectivity index (χ2n) is 10.1. The number of fused-ring (bicyclic) bond motifs is 1. The zero-order valence-electron chi connectivity index (χ0n) is 19.4. The number of aryl methyl sites for hydroxylation is 1. The Balaban J connectivity index is 1.91. The third-order valence-corrected chi connectivity index (χ3v) is 7.72. The molecule has 1 saturated heterocycles. The van der Waals surface area contributed by atoms with Gasteiger partial charge in [0.15, 0.2) is 0 Å². The highest BCUT2D eigenvalue weighted by atomic mass is 28.3. The van der Waals surface area contributed by atoms with Crippen molar-refractivity contribution in [3.05, 3.63) is 18.0 Å². The van der Waals surface area contributed by atoms with E-state index in [0.717, 1.165) is 40.7 Å². The molecule has 0 unspecified atom stereocenters. The van der Waals surface area contributed by atoms with Gasteiger partial charge in [0.1, 0.15) is 18.3 Å². The van der Waals surface area contributed by atoms with Crippen molar-refractivity contribution >= 4 is 31.7 Å². The molecule has 0 radical (unpaired) electrons. The Kier molecular flexibility index (Phi) is 5.95. The second kappa shape index (κ2) is 7.72. The molecule has 1 fully saturated rings. The largest absolute Gasteiger partial charge is 0.498 e. The molecule has 0 N–H and O–H groups in total. The maximum absolute atomic E-state index is 6.27. The predicted molar refractivity (Wildman–Crippen MR) is 121 cm³/mol. The summed E-state index contributed by atoms with van der Waals surface area (Å²) in [5.41, 5.74) is 1.94. The van der Waals surface area contributed by atoms with E-state index in [1.807, 2.05) is 13.0 Å². The van der Waals surface area contributed by atoms with Crippen molar-refractivity contribution in [2.45, 2.75) is 78.2 Å². The highest BCUT2D eigenvalue weighted by molar-refractivity contribution is 6.76. The predicted octanol–water partition coefficient (Wildman–Crippen LogP) is 3.96. The maximum Gasteiger partial charge on any atom is 0.498 e. The van der Waals surface area contributed by atoms with Gasteiger partial charge in [-0.25, -0.2) is 4.98 Å². The summed E-state index contributed by atoms with van der Waals surface area (Å²) in [4.78, 5) is 4.70. The summed E-state index contributed by atoms with van der Waals surface area (Å²) < 4.78 is 26.3. The summed E-state index contributed by atoms with van der Waals surface area (Å²) in [6, 6.07) is 5.17. The van der Waals surface area contributed by atoms with Crippen LogP contribution in [0, 0.1) is 6.92 Å².